The Hall–Kier alpha value is -3.61. The Balaban J connectivity index is 1.88. The Morgan fingerprint density at radius 3 is 2.53 bits per heavy atom. The molecule has 0 amide bonds. The van der Waals surface area contributed by atoms with Gasteiger partial charge in [0.25, 0.3) is 0 Å². The number of phenols is 1. The summed E-state index contributed by atoms with van der Waals surface area (Å²) in [6.45, 7) is 1.97. The van der Waals surface area contributed by atoms with E-state index in [1.54, 1.807) is 18.3 Å². The number of carbonyl (C=O) groups excluding carboxylic acids is 1. The van der Waals surface area contributed by atoms with E-state index in [2.05, 4.69) is 10.3 Å². The Bertz CT molecular complexity index is 1320. The van der Waals surface area contributed by atoms with E-state index < -0.39 is 0 Å². The molecule has 0 bridgehead atoms. The minimum atomic E-state index is -0.109. The number of hydrogen-bond acceptors (Lipinski definition) is 6. The van der Waals surface area contributed by atoms with Crippen molar-refractivity contribution < 1.29 is 14.6 Å². The van der Waals surface area contributed by atoms with E-state index in [9.17, 15) is 9.90 Å². The fourth-order valence-electron chi connectivity index (χ4n) is 3.54. The van der Waals surface area contributed by atoms with E-state index in [1.807, 2.05) is 42.5 Å². The zero-order valence-corrected chi connectivity index (χ0v) is 18.4. The number of nitrogens with zero attached hydrogens (tertiary/aromatic N) is 1. The van der Waals surface area contributed by atoms with Crippen molar-refractivity contribution in [2.45, 2.75) is 13.5 Å². The van der Waals surface area contributed by atoms with Crippen LogP contribution in [-0.4, -0.2) is 23.0 Å². The third kappa shape index (κ3) is 4.10. The molecule has 0 radical (unpaired) electrons. The van der Waals surface area contributed by atoms with Crippen LogP contribution in [0.2, 0.25) is 5.02 Å². The lowest BCUT2D eigenvalue weighted by Gasteiger charge is -2.15. The number of aromatic nitrogens is 1. The number of ether oxygens (including phenoxy) is 1. The number of phenolic OH excluding ortho intramolecular Hbond substituents is 1. The predicted octanol–water partition coefficient (Wildman–Crippen LogP) is 5.67. The summed E-state index contributed by atoms with van der Waals surface area (Å²) in [5, 5.41) is 14.4. The van der Waals surface area contributed by atoms with Crippen LogP contribution in [-0.2, 0) is 6.54 Å². The van der Waals surface area contributed by atoms with E-state index in [4.69, 9.17) is 22.1 Å². The lowest BCUT2D eigenvalue weighted by molar-refractivity contribution is 0.101. The molecule has 0 unspecified atom stereocenters. The molecule has 0 saturated heterocycles. The average molecular weight is 448 g/mol. The standard InChI is InChI=1S/C25H22ClN3O3/c1-14(30)20-13-28-22-8-5-16(17-10-21(26)25(31)23(11-17)32-2)9-19(22)24(20)29-18-6-3-15(12-27)4-7-18/h3-11,13,31H,12,27H2,1-2H3,(H,28,29). The molecular formula is C25H22ClN3O3. The van der Waals surface area contributed by atoms with E-state index in [0.29, 0.717) is 17.8 Å². The number of benzene rings is 3. The summed E-state index contributed by atoms with van der Waals surface area (Å²) in [5.41, 5.74) is 11.0. The van der Waals surface area contributed by atoms with Crippen molar-refractivity contribution in [3.63, 3.8) is 0 Å². The van der Waals surface area contributed by atoms with Gasteiger partial charge in [0.15, 0.2) is 17.3 Å². The Morgan fingerprint density at radius 2 is 1.88 bits per heavy atom. The maximum absolute atomic E-state index is 12.4. The molecule has 1 heterocycles. The van der Waals surface area contributed by atoms with Gasteiger partial charge in [-0.05, 0) is 60.0 Å². The molecule has 6 nitrogen and oxygen atoms in total. The fraction of sp³-hybridized carbons (Fsp3) is 0.120. The minimum Gasteiger partial charge on any atom is -0.503 e. The van der Waals surface area contributed by atoms with Crippen LogP contribution >= 0.6 is 11.6 Å². The molecular weight excluding hydrogens is 426 g/mol. The zero-order valence-electron chi connectivity index (χ0n) is 17.6. The quantitative estimate of drug-likeness (QED) is 0.329. The molecule has 4 rings (SSSR count). The molecule has 7 heteroatoms. The molecule has 4 N–H and O–H groups in total. The van der Waals surface area contributed by atoms with Crippen LogP contribution in [0.15, 0.2) is 60.8 Å². The largest absolute Gasteiger partial charge is 0.503 e. The van der Waals surface area contributed by atoms with Gasteiger partial charge in [-0.1, -0.05) is 29.8 Å². The number of nitrogens with one attached hydrogen (secondary N) is 1. The number of fused-ring (bicyclic) bond motifs is 1. The number of aromatic hydroxyl groups is 1. The maximum atomic E-state index is 12.4. The molecule has 0 aliphatic rings. The monoisotopic (exact) mass is 447 g/mol. The highest BCUT2D eigenvalue weighted by Gasteiger charge is 2.15. The van der Waals surface area contributed by atoms with Gasteiger partial charge in [-0.25, -0.2) is 0 Å². The van der Waals surface area contributed by atoms with Crippen molar-refractivity contribution in [1.82, 2.24) is 4.98 Å². The smallest absolute Gasteiger partial charge is 0.176 e. The van der Waals surface area contributed by atoms with Gasteiger partial charge in [0, 0.05) is 23.8 Å². The van der Waals surface area contributed by atoms with Crippen LogP contribution in [0.1, 0.15) is 22.8 Å². The lowest BCUT2D eigenvalue weighted by atomic mass is 9.99. The normalized spacial score (nSPS) is 10.9. The number of hydrogen-bond donors (Lipinski definition) is 3. The molecule has 3 aromatic carbocycles. The highest BCUT2D eigenvalue weighted by molar-refractivity contribution is 6.32. The first-order valence-corrected chi connectivity index (χ1v) is 10.4. The number of rotatable bonds is 6. The number of carbonyl (C=O) groups is 1. The first-order chi connectivity index (χ1) is 15.4. The van der Waals surface area contributed by atoms with Crippen molar-refractivity contribution >= 4 is 39.7 Å². The van der Waals surface area contributed by atoms with Crippen molar-refractivity contribution in [2.75, 3.05) is 12.4 Å². The van der Waals surface area contributed by atoms with Crippen LogP contribution in [0.3, 0.4) is 0 Å². The summed E-state index contributed by atoms with van der Waals surface area (Å²) in [6, 6.07) is 16.8. The van der Waals surface area contributed by atoms with E-state index >= 15 is 0 Å². The predicted molar refractivity (Wildman–Crippen MR) is 128 cm³/mol. The summed E-state index contributed by atoms with van der Waals surface area (Å²) < 4.78 is 5.23. The third-order valence-electron chi connectivity index (χ3n) is 5.29. The van der Waals surface area contributed by atoms with Gasteiger partial charge in [0.05, 0.1) is 28.9 Å². The van der Waals surface area contributed by atoms with Crippen LogP contribution in [0, 0.1) is 0 Å². The van der Waals surface area contributed by atoms with Crippen LogP contribution in [0.25, 0.3) is 22.0 Å². The minimum absolute atomic E-state index is 0.0970. The van der Waals surface area contributed by atoms with Crippen LogP contribution in [0.4, 0.5) is 11.4 Å². The van der Waals surface area contributed by atoms with E-state index in [-0.39, 0.29) is 22.3 Å². The molecule has 0 aliphatic carbocycles. The van der Waals surface area contributed by atoms with Crippen molar-refractivity contribution in [1.29, 1.82) is 0 Å². The molecule has 0 atom stereocenters. The highest BCUT2D eigenvalue weighted by Crippen LogP contribution is 2.40. The number of methoxy groups -OCH3 is 1. The van der Waals surface area contributed by atoms with Gasteiger partial charge in [-0.15, -0.1) is 0 Å². The third-order valence-corrected chi connectivity index (χ3v) is 5.58. The highest BCUT2D eigenvalue weighted by atomic mass is 35.5. The lowest BCUT2D eigenvalue weighted by Crippen LogP contribution is -2.03. The maximum Gasteiger partial charge on any atom is 0.176 e. The summed E-state index contributed by atoms with van der Waals surface area (Å²) >= 11 is 6.19. The number of nitrogens with two attached hydrogens (primary N) is 1. The van der Waals surface area contributed by atoms with E-state index in [1.165, 1.54) is 14.0 Å². The molecule has 0 fully saturated rings. The van der Waals surface area contributed by atoms with Gasteiger partial charge in [-0.2, -0.15) is 0 Å². The number of anilines is 2. The van der Waals surface area contributed by atoms with Crippen molar-refractivity contribution in [3.8, 4) is 22.6 Å². The second kappa shape index (κ2) is 8.86. The molecule has 0 aliphatic heterocycles. The van der Waals surface area contributed by atoms with Crippen molar-refractivity contribution in [3.05, 3.63) is 76.9 Å². The first kappa shape index (κ1) is 21.6. The summed E-state index contributed by atoms with van der Waals surface area (Å²) in [6.07, 6.45) is 1.58. The summed E-state index contributed by atoms with van der Waals surface area (Å²) in [5.74, 6) is 0.0734. The van der Waals surface area contributed by atoms with Crippen LogP contribution in [0.5, 0.6) is 11.5 Å². The fourth-order valence-corrected chi connectivity index (χ4v) is 3.75. The number of ketones is 1. The second-order valence-corrected chi connectivity index (χ2v) is 7.78. The Labute approximate surface area is 190 Å². The number of Topliss-reactive ketones (excluding diaryl/α,β-unsaturated/α-hetero) is 1. The van der Waals surface area contributed by atoms with E-state index in [0.717, 1.165) is 33.3 Å². The summed E-state index contributed by atoms with van der Waals surface area (Å²) in [7, 11) is 1.47. The van der Waals surface area contributed by atoms with Gasteiger partial charge in [-0.3, -0.25) is 9.78 Å². The molecule has 32 heavy (non-hydrogen) atoms. The number of pyridine rings is 1. The topological polar surface area (TPSA) is 97.5 Å². The second-order valence-electron chi connectivity index (χ2n) is 7.37. The average Bonchev–Trinajstić information content (AvgIpc) is 2.81. The van der Waals surface area contributed by atoms with Crippen molar-refractivity contribution in [2.24, 2.45) is 5.73 Å². The molecule has 1 aromatic heterocycles. The SMILES string of the molecule is COc1cc(-c2ccc3ncc(C(C)=O)c(Nc4ccc(CN)cc4)c3c2)cc(Cl)c1O. The van der Waals surface area contributed by atoms with Gasteiger partial charge < -0.3 is 20.9 Å². The Morgan fingerprint density at radius 1 is 1.12 bits per heavy atom. The Kier molecular flexibility index (Phi) is 5.99. The molecule has 0 saturated carbocycles. The molecule has 4 aromatic rings. The van der Waals surface area contributed by atoms with Crippen LogP contribution < -0.4 is 15.8 Å². The van der Waals surface area contributed by atoms with Gasteiger partial charge in [0.2, 0.25) is 0 Å². The zero-order chi connectivity index (χ0) is 22.8. The molecule has 0 spiro atoms. The van der Waals surface area contributed by atoms with Gasteiger partial charge >= 0.3 is 0 Å². The number of halogens is 1. The van der Waals surface area contributed by atoms with Gasteiger partial charge in [0.1, 0.15) is 0 Å². The summed E-state index contributed by atoms with van der Waals surface area (Å²) in [4.78, 5) is 16.8. The molecule has 162 valence electrons. The first-order valence-electron chi connectivity index (χ1n) is 9.98.